The van der Waals surface area contributed by atoms with Crippen LogP contribution in [0, 0.1) is 18.8 Å². The summed E-state index contributed by atoms with van der Waals surface area (Å²) >= 11 is 6.23. The molecule has 174 valence electrons. The van der Waals surface area contributed by atoms with E-state index in [1.807, 2.05) is 13.0 Å². The van der Waals surface area contributed by atoms with Crippen molar-refractivity contribution >= 4 is 29.2 Å². The third kappa shape index (κ3) is 6.07. The molecule has 2 aromatic rings. The molecule has 0 bridgehead atoms. The van der Waals surface area contributed by atoms with E-state index >= 15 is 4.39 Å². The molecule has 0 fully saturated rings. The van der Waals surface area contributed by atoms with E-state index in [2.05, 4.69) is 63.5 Å². The van der Waals surface area contributed by atoms with Gasteiger partial charge in [0.2, 0.25) is 5.95 Å². The molecule has 3 rings (SSSR count). The SMILES string of the molecule is CCC(CCN(C)CC)C1=CC(F)=C(Nc2ncc(Cl)c(Nc3cc(C)[nH]n3)n2)CC1C. The number of anilines is 3. The van der Waals surface area contributed by atoms with E-state index in [4.69, 9.17) is 11.6 Å². The highest BCUT2D eigenvalue weighted by Gasteiger charge is 2.26. The summed E-state index contributed by atoms with van der Waals surface area (Å²) in [6.07, 6.45) is 5.81. The molecule has 1 aliphatic rings. The van der Waals surface area contributed by atoms with E-state index < -0.39 is 0 Å². The Labute approximate surface area is 194 Å². The minimum Gasteiger partial charge on any atom is -0.325 e. The summed E-state index contributed by atoms with van der Waals surface area (Å²) in [6.45, 7) is 10.4. The van der Waals surface area contributed by atoms with Gasteiger partial charge in [0, 0.05) is 11.8 Å². The fourth-order valence-corrected chi connectivity index (χ4v) is 4.06. The summed E-state index contributed by atoms with van der Waals surface area (Å²) < 4.78 is 15.1. The van der Waals surface area contributed by atoms with Gasteiger partial charge in [0.15, 0.2) is 11.6 Å². The molecule has 2 atom stereocenters. The molecule has 7 nitrogen and oxygen atoms in total. The van der Waals surface area contributed by atoms with Crippen molar-refractivity contribution in [1.82, 2.24) is 25.1 Å². The average Bonchev–Trinajstić information content (AvgIpc) is 3.18. The Morgan fingerprint density at radius 1 is 1.34 bits per heavy atom. The maximum Gasteiger partial charge on any atom is 0.229 e. The van der Waals surface area contributed by atoms with Gasteiger partial charge in [0.1, 0.15) is 10.8 Å². The highest BCUT2D eigenvalue weighted by atomic mass is 35.5. The lowest BCUT2D eigenvalue weighted by Crippen LogP contribution is -2.24. The zero-order valence-electron chi connectivity index (χ0n) is 19.5. The van der Waals surface area contributed by atoms with Crippen molar-refractivity contribution in [2.45, 2.75) is 47.0 Å². The van der Waals surface area contributed by atoms with Crippen LogP contribution in [0.25, 0.3) is 0 Å². The monoisotopic (exact) mass is 461 g/mol. The third-order valence-corrected chi connectivity index (χ3v) is 6.26. The number of nitrogens with one attached hydrogen (secondary N) is 3. The summed E-state index contributed by atoms with van der Waals surface area (Å²) in [5.74, 6) is 1.66. The van der Waals surface area contributed by atoms with Crippen molar-refractivity contribution < 1.29 is 4.39 Å². The zero-order chi connectivity index (χ0) is 23.3. The van der Waals surface area contributed by atoms with Gasteiger partial charge in [-0.1, -0.05) is 37.9 Å². The molecule has 3 N–H and O–H groups in total. The molecule has 0 aliphatic heterocycles. The number of H-pyrrole nitrogens is 1. The Balaban J connectivity index is 1.75. The third-order valence-electron chi connectivity index (χ3n) is 5.98. The van der Waals surface area contributed by atoms with Gasteiger partial charge in [-0.3, -0.25) is 5.10 Å². The molecule has 2 aromatic heterocycles. The Hall–Kier alpha value is -2.45. The minimum atomic E-state index is -0.253. The van der Waals surface area contributed by atoms with Crippen molar-refractivity contribution in [3.05, 3.63) is 46.2 Å². The maximum absolute atomic E-state index is 15.1. The number of halogens is 2. The van der Waals surface area contributed by atoms with Crippen molar-refractivity contribution in [1.29, 1.82) is 0 Å². The van der Waals surface area contributed by atoms with Crippen molar-refractivity contribution in [3.8, 4) is 0 Å². The van der Waals surface area contributed by atoms with E-state index in [9.17, 15) is 0 Å². The second-order valence-corrected chi connectivity index (χ2v) is 8.85. The van der Waals surface area contributed by atoms with Gasteiger partial charge in [-0.05, 0) is 64.2 Å². The molecule has 0 saturated heterocycles. The Kier molecular flexibility index (Phi) is 8.26. The summed E-state index contributed by atoms with van der Waals surface area (Å²) in [5, 5.41) is 13.5. The largest absolute Gasteiger partial charge is 0.325 e. The first-order chi connectivity index (χ1) is 15.3. The number of aryl methyl sites for hydroxylation is 1. The van der Waals surface area contributed by atoms with Crippen LogP contribution in [-0.2, 0) is 0 Å². The topological polar surface area (TPSA) is 81.8 Å². The lowest BCUT2D eigenvalue weighted by atomic mass is 9.80. The Bertz CT molecular complexity index is 984. The van der Waals surface area contributed by atoms with Gasteiger partial charge >= 0.3 is 0 Å². The molecule has 0 spiro atoms. The van der Waals surface area contributed by atoms with Crippen LogP contribution in [0.4, 0.5) is 22.0 Å². The normalized spacial score (nSPS) is 17.5. The lowest BCUT2D eigenvalue weighted by Gasteiger charge is -2.30. The molecule has 0 saturated carbocycles. The summed E-state index contributed by atoms with van der Waals surface area (Å²) in [4.78, 5) is 10.9. The summed E-state index contributed by atoms with van der Waals surface area (Å²) in [5.41, 5.74) is 2.59. The highest BCUT2D eigenvalue weighted by Crippen LogP contribution is 2.37. The average molecular weight is 462 g/mol. The molecular weight excluding hydrogens is 429 g/mol. The molecule has 9 heteroatoms. The first-order valence-electron chi connectivity index (χ1n) is 11.2. The maximum atomic E-state index is 15.1. The number of rotatable bonds is 10. The molecule has 2 unspecified atom stereocenters. The fraction of sp³-hybridized carbons (Fsp3) is 0.522. The standard InChI is InChI=1S/C23H33ClFN7/c1-6-16(8-9-32(5)7-2)17-12-19(25)20(10-14(17)3)27-23-26-13-18(24)22(29-23)28-21-11-15(4)30-31-21/h11-14,16H,6-10H2,1-5H3,(H3,26,27,28,29,30,31). The van der Waals surface area contributed by atoms with Crippen LogP contribution < -0.4 is 10.6 Å². The predicted molar refractivity (Wildman–Crippen MR) is 129 cm³/mol. The minimum absolute atomic E-state index is 0.241. The van der Waals surface area contributed by atoms with Crippen LogP contribution in [0.1, 0.15) is 45.7 Å². The second kappa shape index (κ2) is 10.9. The van der Waals surface area contributed by atoms with Gasteiger partial charge in [-0.15, -0.1) is 0 Å². The lowest BCUT2D eigenvalue weighted by molar-refractivity contribution is 0.314. The van der Waals surface area contributed by atoms with Crippen molar-refractivity contribution in [3.63, 3.8) is 0 Å². The Morgan fingerprint density at radius 3 is 2.78 bits per heavy atom. The number of allylic oxidation sites excluding steroid dienone is 4. The van der Waals surface area contributed by atoms with Crippen LogP contribution >= 0.6 is 11.6 Å². The fourth-order valence-electron chi connectivity index (χ4n) is 3.92. The molecule has 0 radical (unpaired) electrons. The predicted octanol–water partition coefficient (Wildman–Crippen LogP) is 5.83. The smallest absolute Gasteiger partial charge is 0.229 e. The number of aromatic amines is 1. The molecule has 32 heavy (non-hydrogen) atoms. The molecule has 2 heterocycles. The first-order valence-corrected chi connectivity index (χ1v) is 11.6. The van der Waals surface area contributed by atoms with Crippen LogP contribution in [0.2, 0.25) is 5.02 Å². The highest BCUT2D eigenvalue weighted by molar-refractivity contribution is 6.32. The van der Waals surface area contributed by atoms with Gasteiger partial charge in [-0.25, -0.2) is 9.37 Å². The first kappa shape index (κ1) is 24.2. The van der Waals surface area contributed by atoms with Gasteiger partial charge < -0.3 is 15.5 Å². The van der Waals surface area contributed by atoms with Crippen LogP contribution in [0.3, 0.4) is 0 Å². The number of aromatic nitrogens is 4. The van der Waals surface area contributed by atoms with E-state index in [0.717, 1.165) is 31.6 Å². The van der Waals surface area contributed by atoms with Crippen LogP contribution in [-0.4, -0.2) is 45.2 Å². The molecule has 0 amide bonds. The molecular formula is C23H33ClFN7. The number of hydrogen-bond donors (Lipinski definition) is 3. The van der Waals surface area contributed by atoms with E-state index in [1.54, 1.807) is 6.08 Å². The second-order valence-electron chi connectivity index (χ2n) is 8.44. The number of nitrogens with zero attached hydrogens (tertiary/aromatic N) is 4. The van der Waals surface area contributed by atoms with Crippen molar-refractivity contribution in [2.75, 3.05) is 30.8 Å². The van der Waals surface area contributed by atoms with E-state index in [-0.39, 0.29) is 17.7 Å². The van der Waals surface area contributed by atoms with Gasteiger partial charge in [0.25, 0.3) is 0 Å². The number of hydrogen-bond acceptors (Lipinski definition) is 6. The van der Waals surface area contributed by atoms with Gasteiger partial charge in [-0.2, -0.15) is 10.1 Å². The van der Waals surface area contributed by atoms with E-state index in [0.29, 0.717) is 34.7 Å². The zero-order valence-corrected chi connectivity index (χ0v) is 20.2. The molecule has 0 aromatic carbocycles. The van der Waals surface area contributed by atoms with E-state index in [1.165, 1.54) is 11.8 Å². The van der Waals surface area contributed by atoms with Crippen LogP contribution in [0.15, 0.2) is 35.4 Å². The summed E-state index contributed by atoms with van der Waals surface area (Å²) in [6, 6.07) is 1.84. The molecule has 1 aliphatic carbocycles. The van der Waals surface area contributed by atoms with Crippen LogP contribution in [0.5, 0.6) is 0 Å². The van der Waals surface area contributed by atoms with Crippen molar-refractivity contribution in [2.24, 2.45) is 11.8 Å². The summed E-state index contributed by atoms with van der Waals surface area (Å²) in [7, 11) is 2.12. The Morgan fingerprint density at radius 2 is 2.12 bits per heavy atom. The quantitative estimate of drug-likeness (QED) is 0.412. The van der Waals surface area contributed by atoms with Gasteiger partial charge in [0.05, 0.1) is 11.9 Å².